The molecule has 0 aliphatic heterocycles. The van der Waals surface area contributed by atoms with Crippen molar-refractivity contribution in [2.45, 2.75) is 0 Å². The van der Waals surface area contributed by atoms with E-state index in [1.54, 1.807) is 0 Å². The summed E-state index contributed by atoms with van der Waals surface area (Å²) < 4.78 is 6.30. The maximum Gasteiger partial charge on any atom is 0.202 e. The third kappa shape index (κ3) is 0.452. The largest absolute Gasteiger partial charge is 0.356 e. The molecule has 0 unspecified atom stereocenters. The van der Waals surface area contributed by atoms with Gasteiger partial charge in [0.2, 0.25) is 5.65 Å². The molecule has 0 amide bonds. The summed E-state index contributed by atoms with van der Waals surface area (Å²) in [5, 5.41) is 4.45. The lowest BCUT2D eigenvalue weighted by Gasteiger charge is -1.71. The average Bonchev–Trinajstić information content (AvgIpc) is 2.41. The Bertz CT molecular complexity index is 453. The molecule has 2 rings (SSSR count). The first-order valence-corrected chi connectivity index (χ1v) is 2.76. The second-order valence-corrected chi connectivity index (χ2v) is 1.95. The number of hydrogen-bond acceptors (Lipinski definition) is 3. The molecule has 4 nitrogen and oxygen atoms in total. The number of hydrogen-bond donors (Lipinski definition) is 0. The van der Waals surface area contributed by atoms with E-state index >= 15 is 0 Å². The molecular weight excluding hydrogens is 130 g/mol. The van der Waals surface area contributed by atoms with Crippen LogP contribution in [0.5, 0.6) is 0 Å². The fourth-order valence-corrected chi connectivity index (χ4v) is 0.776. The molecule has 0 spiro atoms. The fraction of sp³-hybridized carbons (Fsp3) is 0. The van der Waals surface area contributed by atoms with Crippen molar-refractivity contribution in [2.24, 2.45) is 0 Å². The molecule has 0 fully saturated rings. The zero-order chi connectivity index (χ0) is 7.14. The van der Waals surface area contributed by atoms with Gasteiger partial charge in [0.1, 0.15) is 6.33 Å². The Balaban J connectivity index is 3.24. The highest BCUT2D eigenvalue weighted by Gasteiger charge is 1.98. The Morgan fingerprint density at radius 1 is 1.50 bits per heavy atom. The molecule has 0 bridgehead atoms. The lowest BCUT2D eigenvalue weighted by molar-refractivity contribution is 0.318. The van der Waals surface area contributed by atoms with Crippen molar-refractivity contribution >= 4 is 18.8 Å². The number of nitrogens with zero attached hydrogens (tertiary/aromatic N) is 3. The highest BCUT2D eigenvalue weighted by Crippen LogP contribution is 1.82. The van der Waals surface area contributed by atoms with Gasteiger partial charge in [-0.15, -0.1) is 5.10 Å². The Morgan fingerprint density at radius 2 is 2.30 bits per heavy atom. The zero-order valence-corrected chi connectivity index (χ0v) is 5.24. The maximum absolute atomic E-state index is 5.01. The third-order valence-corrected chi connectivity index (χ3v) is 1.32. The van der Waals surface area contributed by atoms with Gasteiger partial charge in [-0.2, -0.15) is 0 Å². The van der Waals surface area contributed by atoms with E-state index in [1.165, 1.54) is 11.0 Å². The van der Waals surface area contributed by atoms with Crippen LogP contribution in [0.3, 0.4) is 0 Å². The van der Waals surface area contributed by atoms with Crippen LogP contribution in [0.25, 0.3) is 18.8 Å². The minimum absolute atomic E-state index is 0.510. The van der Waals surface area contributed by atoms with Gasteiger partial charge in [-0.05, 0) is 0 Å². The maximum atomic E-state index is 5.01. The monoisotopic (exact) mass is 135 g/mol. The SMILES string of the molecule is C=c1on2ncnc2c1=C. The van der Waals surface area contributed by atoms with E-state index in [4.69, 9.17) is 4.52 Å². The second-order valence-electron chi connectivity index (χ2n) is 1.95. The van der Waals surface area contributed by atoms with Gasteiger partial charge in [-0.1, -0.05) is 17.8 Å². The molecule has 0 radical (unpaired) electrons. The van der Waals surface area contributed by atoms with Crippen LogP contribution in [0.1, 0.15) is 0 Å². The van der Waals surface area contributed by atoms with Crippen molar-refractivity contribution in [1.82, 2.24) is 14.8 Å². The Labute approximate surface area is 56.1 Å². The minimum atomic E-state index is 0.510. The van der Waals surface area contributed by atoms with Gasteiger partial charge < -0.3 is 4.52 Å². The molecule has 0 saturated heterocycles. The summed E-state index contributed by atoms with van der Waals surface area (Å²) in [5.41, 5.74) is 1.14. The average molecular weight is 135 g/mol. The third-order valence-electron chi connectivity index (χ3n) is 1.32. The van der Waals surface area contributed by atoms with Gasteiger partial charge in [-0.3, -0.25) is 0 Å². The van der Waals surface area contributed by atoms with Crippen molar-refractivity contribution in [3.05, 3.63) is 17.0 Å². The van der Waals surface area contributed by atoms with Crippen molar-refractivity contribution < 1.29 is 4.52 Å². The summed E-state index contributed by atoms with van der Waals surface area (Å²) in [6.07, 6.45) is 1.41. The van der Waals surface area contributed by atoms with Gasteiger partial charge >= 0.3 is 0 Å². The number of rotatable bonds is 0. The standard InChI is InChI=1S/C6H5N3O/c1-4-5(2)10-9-6(4)7-3-8-9/h3H,1-2H2. The van der Waals surface area contributed by atoms with Crippen LogP contribution in [0.4, 0.5) is 0 Å². The van der Waals surface area contributed by atoms with Crippen molar-refractivity contribution in [3.8, 4) is 0 Å². The highest BCUT2D eigenvalue weighted by atomic mass is 16.5. The van der Waals surface area contributed by atoms with E-state index in [1.807, 2.05) is 0 Å². The Hall–Kier alpha value is -1.58. The van der Waals surface area contributed by atoms with Gasteiger partial charge in [0.05, 0.1) is 5.22 Å². The van der Waals surface area contributed by atoms with Gasteiger partial charge in [-0.25, -0.2) is 4.98 Å². The first kappa shape index (κ1) is 5.22. The molecule has 0 atom stereocenters. The van der Waals surface area contributed by atoms with E-state index in [2.05, 4.69) is 23.2 Å². The quantitative estimate of drug-likeness (QED) is 0.472. The highest BCUT2D eigenvalue weighted by molar-refractivity contribution is 5.37. The first-order valence-electron chi connectivity index (χ1n) is 2.76. The predicted octanol–water partition coefficient (Wildman–Crippen LogP) is -0.857. The predicted molar refractivity (Wildman–Crippen MR) is 35.5 cm³/mol. The summed E-state index contributed by atoms with van der Waals surface area (Å²) in [5.74, 6) is 0. The van der Waals surface area contributed by atoms with Gasteiger partial charge in [0.25, 0.3) is 0 Å². The number of fused-ring (bicyclic) bond motifs is 1. The smallest absolute Gasteiger partial charge is 0.202 e. The van der Waals surface area contributed by atoms with E-state index in [-0.39, 0.29) is 0 Å². The van der Waals surface area contributed by atoms with E-state index < -0.39 is 0 Å². The summed E-state index contributed by atoms with van der Waals surface area (Å²) in [6.45, 7) is 7.30. The summed E-state index contributed by atoms with van der Waals surface area (Å²) >= 11 is 0. The van der Waals surface area contributed by atoms with Gasteiger partial charge in [0, 0.05) is 0 Å². The summed E-state index contributed by atoms with van der Waals surface area (Å²) in [6, 6.07) is 0. The topological polar surface area (TPSA) is 43.3 Å². The minimum Gasteiger partial charge on any atom is -0.356 e. The van der Waals surface area contributed by atoms with Crippen LogP contribution < -0.4 is 10.6 Å². The molecule has 0 saturated carbocycles. The first-order chi connectivity index (χ1) is 4.79. The van der Waals surface area contributed by atoms with Crippen molar-refractivity contribution in [3.63, 3.8) is 0 Å². The molecule has 4 heteroatoms. The Kier molecular flexibility index (Phi) is 0.768. The van der Waals surface area contributed by atoms with E-state index in [0.717, 1.165) is 0 Å². The molecule has 2 heterocycles. The molecule has 0 aliphatic rings. The normalized spacial score (nSPS) is 10.8. The van der Waals surface area contributed by atoms with Crippen molar-refractivity contribution in [2.75, 3.05) is 0 Å². The molecule has 0 N–H and O–H groups in total. The molecule has 50 valence electrons. The van der Waals surface area contributed by atoms with E-state index in [0.29, 0.717) is 16.3 Å². The lowest BCUT2D eigenvalue weighted by atomic mass is 10.5. The van der Waals surface area contributed by atoms with Crippen LogP contribution in [0.15, 0.2) is 10.9 Å². The fourth-order valence-electron chi connectivity index (χ4n) is 0.776. The summed E-state index contributed by atoms with van der Waals surface area (Å²) in [7, 11) is 0. The van der Waals surface area contributed by atoms with Crippen LogP contribution in [0, 0.1) is 0 Å². The van der Waals surface area contributed by atoms with Crippen molar-refractivity contribution in [1.29, 1.82) is 0 Å². The molecule has 0 aliphatic carbocycles. The van der Waals surface area contributed by atoms with E-state index in [9.17, 15) is 0 Å². The Morgan fingerprint density at radius 3 is 3.00 bits per heavy atom. The van der Waals surface area contributed by atoms with Crippen LogP contribution in [-0.4, -0.2) is 14.8 Å². The molecule has 0 aromatic carbocycles. The van der Waals surface area contributed by atoms with Crippen LogP contribution >= 0.6 is 0 Å². The second kappa shape index (κ2) is 1.47. The molecule has 10 heavy (non-hydrogen) atoms. The zero-order valence-electron chi connectivity index (χ0n) is 5.24. The lowest BCUT2D eigenvalue weighted by Crippen LogP contribution is -2.15. The molecule has 2 aromatic rings. The van der Waals surface area contributed by atoms with Crippen LogP contribution in [-0.2, 0) is 0 Å². The van der Waals surface area contributed by atoms with Gasteiger partial charge in [0.15, 0.2) is 5.42 Å². The van der Waals surface area contributed by atoms with Crippen LogP contribution in [0.2, 0.25) is 0 Å². The number of aromatic nitrogens is 3. The molecular formula is C6H5N3O. The molecule has 2 aromatic heterocycles. The summed E-state index contributed by atoms with van der Waals surface area (Å²) in [4.78, 5) is 3.89.